The number of hydrogen-bond donors (Lipinski definition) is 1. The van der Waals surface area contributed by atoms with E-state index in [9.17, 15) is 14.7 Å². The Balaban J connectivity index is 2.32. The van der Waals surface area contributed by atoms with Crippen LogP contribution in [-0.4, -0.2) is 12.4 Å². The van der Waals surface area contributed by atoms with Crippen LogP contribution in [0.15, 0.2) is 52.3 Å². The van der Waals surface area contributed by atoms with Crippen LogP contribution in [0.3, 0.4) is 0 Å². The lowest BCUT2D eigenvalue weighted by Gasteiger charge is -2.11. The molecule has 0 aliphatic heterocycles. The predicted octanol–water partition coefficient (Wildman–Crippen LogP) is 2.08. The summed E-state index contributed by atoms with van der Waals surface area (Å²) in [7, 11) is 0. The monoisotopic (exact) mass is 286 g/mol. The molecule has 4 nitrogen and oxygen atoms in total. The quantitative estimate of drug-likeness (QED) is 0.854. The van der Waals surface area contributed by atoms with Crippen molar-refractivity contribution in [3.63, 3.8) is 0 Å². The first kappa shape index (κ1) is 14.1. The molecule has 0 bridgehead atoms. The number of aromatic carboxylic acids is 1. The first-order valence-corrected chi connectivity index (χ1v) is 6.72. The van der Waals surface area contributed by atoms with Crippen molar-refractivity contribution in [2.45, 2.75) is 16.7 Å². The molecule has 0 unspecified atom stereocenters. The number of rotatable bonds is 5. The van der Waals surface area contributed by atoms with Crippen molar-refractivity contribution in [2.24, 2.45) is 0 Å². The van der Waals surface area contributed by atoms with Crippen LogP contribution in [0.5, 0.6) is 0 Å². The van der Waals surface area contributed by atoms with E-state index in [2.05, 4.69) is 5.32 Å². The van der Waals surface area contributed by atoms with Crippen LogP contribution in [0.4, 0.5) is 5.69 Å². The molecule has 0 saturated heterocycles. The van der Waals surface area contributed by atoms with Gasteiger partial charge in [0.2, 0.25) is 6.41 Å². The number of carboxylic acid groups (broad SMARTS) is 1. The number of anilines is 1. The maximum atomic E-state index is 10.8. The molecule has 0 saturated carbocycles. The van der Waals surface area contributed by atoms with Crippen LogP contribution < -0.4 is 10.4 Å². The van der Waals surface area contributed by atoms with Gasteiger partial charge in [0.05, 0.1) is 11.7 Å². The minimum Gasteiger partial charge on any atom is -0.545 e. The Hall–Kier alpha value is -2.27. The zero-order chi connectivity index (χ0) is 14.5. The molecular formula is C15H12NO3S-. The van der Waals surface area contributed by atoms with Gasteiger partial charge in [-0.2, -0.15) is 0 Å². The van der Waals surface area contributed by atoms with Crippen molar-refractivity contribution in [1.29, 1.82) is 0 Å². The van der Waals surface area contributed by atoms with E-state index in [1.165, 1.54) is 23.9 Å². The summed E-state index contributed by atoms with van der Waals surface area (Å²) < 4.78 is 0. The molecular weight excluding hydrogens is 274 g/mol. The van der Waals surface area contributed by atoms with E-state index in [1.54, 1.807) is 6.07 Å². The molecule has 0 fully saturated rings. The molecule has 0 aromatic heterocycles. The Morgan fingerprint density at radius 2 is 1.90 bits per heavy atom. The van der Waals surface area contributed by atoms with Crippen molar-refractivity contribution in [1.82, 2.24) is 0 Å². The first-order chi connectivity index (χ1) is 9.60. The lowest BCUT2D eigenvalue weighted by Crippen LogP contribution is -2.22. The van der Waals surface area contributed by atoms with Crippen molar-refractivity contribution in [3.8, 4) is 0 Å². The summed E-state index contributed by atoms with van der Waals surface area (Å²) in [5.41, 5.74) is 1.64. The first-order valence-electron chi connectivity index (χ1n) is 5.90. The molecule has 5 heteroatoms. The summed E-state index contributed by atoms with van der Waals surface area (Å²) in [5.74, 6) is -1.27. The maximum Gasteiger partial charge on any atom is 0.211 e. The average Bonchev–Trinajstić information content (AvgIpc) is 2.43. The Morgan fingerprint density at radius 3 is 2.50 bits per heavy atom. The number of carbonyl (C=O) groups excluding carboxylic acids is 2. The Labute approximate surface area is 120 Å². The second-order valence-corrected chi connectivity index (χ2v) is 5.29. The predicted molar refractivity (Wildman–Crippen MR) is 75.8 cm³/mol. The van der Waals surface area contributed by atoms with Gasteiger partial charge in [-0.1, -0.05) is 35.5 Å². The summed E-state index contributed by atoms with van der Waals surface area (Å²) in [6.07, 6.45) is 0.521. The van der Waals surface area contributed by atoms with Gasteiger partial charge in [-0.25, -0.2) is 0 Å². The minimum absolute atomic E-state index is 0.0302. The van der Waals surface area contributed by atoms with Crippen LogP contribution in [0.2, 0.25) is 0 Å². The van der Waals surface area contributed by atoms with Gasteiger partial charge in [0.15, 0.2) is 0 Å². The van der Waals surface area contributed by atoms with Crippen LogP contribution in [-0.2, 0) is 4.79 Å². The van der Waals surface area contributed by atoms with Gasteiger partial charge in [0, 0.05) is 9.79 Å². The Kier molecular flexibility index (Phi) is 4.42. The van der Waals surface area contributed by atoms with E-state index in [0.29, 0.717) is 12.1 Å². The molecule has 1 amide bonds. The molecule has 0 aliphatic carbocycles. The maximum absolute atomic E-state index is 10.8. The normalized spacial score (nSPS) is 10.1. The Morgan fingerprint density at radius 1 is 1.20 bits per heavy atom. The molecule has 20 heavy (non-hydrogen) atoms. The van der Waals surface area contributed by atoms with Gasteiger partial charge in [0.1, 0.15) is 0 Å². The number of benzene rings is 2. The van der Waals surface area contributed by atoms with E-state index in [0.717, 1.165) is 15.4 Å². The van der Waals surface area contributed by atoms with Gasteiger partial charge in [0.25, 0.3) is 0 Å². The van der Waals surface area contributed by atoms with Crippen LogP contribution in [0, 0.1) is 6.92 Å². The van der Waals surface area contributed by atoms with Crippen molar-refractivity contribution >= 4 is 29.8 Å². The topological polar surface area (TPSA) is 69.2 Å². The highest BCUT2D eigenvalue weighted by Crippen LogP contribution is 2.34. The molecule has 0 atom stereocenters. The van der Waals surface area contributed by atoms with Crippen molar-refractivity contribution in [3.05, 3.63) is 53.6 Å². The van der Waals surface area contributed by atoms with Crippen LogP contribution >= 0.6 is 11.8 Å². The van der Waals surface area contributed by atoms with Gasteiger partial charge < -0.3 is 15.2 Å². The zero-order valence-corrected chi connectivity index (χ0v) is 11.6. The van der Waals surface area contributed by atoms with Crippen LogP contribution in [0.25, 0.3) is 0 Å². The third kappa shape index (κ3) is 3.39. The summed E-state index contributed by atoms with van der Waals surface area (Å²) in [6, 6.07) is 12.4. The molecule has 2 aromatic carbocycles. The zero-order valence-electron chi connectivity index (χ0n) is 10.8. The van der Waals surface area contributed by atoms with Gasteiger partial charge >= 0.3 is 0 Å². The second kappa shape index (κ2) is 6.25. The highest BCUT2D eigenvalue weighted by atomic mass is 32.2. The number of carboxylic acids is 1. The van der Waals surface area contributed by atoms with Gasteiger partial charge in [-0.05, 0) is 36.8 Å². The summed E-state index contributed by atoms with van der Waals surface area (Å²) in [5, 5.41) is 13.3. The van der Waals surface area contributed by atoms with Crippen LogP contribution in [0.1, 0.15) is 15.9 Å². The third-order valence-electron chi connectivity index (χ3n) is 2.68. The molecule has 2 rings (SSSR count). The number of nitrogens with one attached hydrogen (secondary N) is 1. The Bertz CT molecular complexity index is 638. The minimum atomic E-state index is -1.27. The smallest absolute Gasteiger partial charge is 0.211 e. The number of carbonyl (C=O) groups is 2. The van der Waals surface area contributed by atoms with Gasteiger partial charge in [-0.3, -0.25) is 4.79 Å². The fourth-order valence-corrected chi connectivity index (χ4v) is 2.55. The molecule has 0 spiro atoms. The molecule has 1 N–H and O–H groups in total. The van der Waals surface area contributed by atoms with E-state index in [4.69, 9.17) is 0 Å². The average molecular weight is 286 g/mol. The standard InChI is InChI=1S/C15H13NO3S/c1-10-2-5-12(6-3-10)20-14-7-4-11(15(18)19)8-13(14)16-9-17/h2-9H,1H3,(H,16,17)(H,18,19)/p-1. The number of hydrogen-bond acceptors (Lipinski definition) is 4. The second-order valence-electron chi connectivity index (χ2n) is 4.18. The fourth-order valence-electron chi connectivity index (χ4n) is 1.66. The third-order valence-corrected chi connectivity index (χ3v) is 3.76. The van der Waals surface area contributed by atoms with E-state index in [1.807, 2.05) is 31.2 Å². The molecule has 2 aromatic rings. The molecule has 0 radical (unpaired) electrons. The lowest BCUT2D eigenvalue weighted by atomic mass is 10.2. The summed E-state index contributed by atoms with van der Waals surface area (Å²) in [6.45, 7) is 2.00. The van der Waals surface area contributed by atoms with Crippen molar-refractivity contribution < 1.29 is 14.7 Å². The van der Waals surface area contributed by atoms with Crippen molar-refractivity contribution in [2.75, 3.05) is 5.32 Å². The highest BCUT2D eigenvalue weighted by Gasteiger charge is 2.06. The fraction of sp³-hybridized carbons (Fsp3) is 0.0667. The summed E-state index contributed by atoms with van der Waals surface area (Å²) >= 11 is 1.45. The molecule has 102 valence electrons. The number of amides is 1. The molecule has 0 aliphatic rings. The van der Waals surface area contributed by atoms with E-state index >= 15 is 0 Å². The van der Waals surface area contributed by atoms with E-state index in [-0.39, 0.29) is 5.56 Å². The molecule has 0 heterocycles. The lowest BCUT2D eigenvalue weighted by molar-refractivity contribution is -0.255. The largest absolute Gasteiger partial charge is 0.545 e. The van der Waals surface area contributed by atoms with Gasteiger partial charge in [-0.15, -0.1) is 0 Å². The number of aryl methyl sites for hydroxylation is 1. The van der Waals surface area contributed by atoms with E-state index < -0.39 is 5.97 Å². The highest BCUT2D eigenvalue weighted by molar-refractivity contribution is 7.99. The SMILES string of the molecule is Cc1ccc(Sc2ccc(C(=O)[O-])cc2NC=O)cc1. The summed E-state index contributed by atoms with van der Waals surface area (Å²) in [4.78, 5) is 23.2.